The van der Waals surface area contributed by atoms with Crippen molar-refractivity contribution < 1.29 is 4.74 Å². The summed E-state index contributed by atoms with van der Waals surface area (Å²) >= 11 is 0. The van der Waals surface area contributed by atoms with E-state index in [1.165, 1.54) is 44.9 Å². The molecule has 0 saturated heterocycles. The molecule has 104 valence electrons. The number of hydrogen-bond donors (Lipinski definition) is 1. The van der Waals surface area contributed by atoms with E-state index < -0.39 is 0 Å². The van der Waals surface area contributed by atoms with Crippen molar-refractivity contribution in [1.82, 2.24) is 5.32 Å². The highest BCUT2D eigenvalue weighted by atomic mass is 16.5. The molecule has 0 aliphatic carbocycles. The quantitative estimate of drug-likeness (QED) is 0.551. The van der Waals surface area contributed by atoms with Crippen LogP contribution in [0.1, 0.15) is 72.1 Å². The lowest BCUT2D eigenvalue weighted by Gasteiger charge is -2.35. The van der Waals surface area contributed by atoms with Crippen molar-refractivity contribution in [1.29, 1.82) is 0 Å². The molecule has 0 rings (SSSR count). The minimum atomic E-state index is -0.0157. The van der Waals surface area contributed by atoms with Crippen LogP contribution in [0.4, 0.5) is 0 Å². The zero-order valence-electron chi connectivity index (χ0n) is 12.6. The van der Waals surface area contributed by atoms with Gasteiger partial charge in [0.15, 0.2) is 0 Å². The van der Waals surface area contributed by atoms with Crippen LogP contribution in [0.15, 0.2) is 0 Å². The molecule has 0 aliphatic rings. The van der Waals surface area contributed by atoms with Crippen LogP contribution in [0.2, 0.25) is 0 Å². The van der Waals surface area contributed by atoms with Crippen LogP contribution in [0, 0.1) is 0 Å². The number of likely N-dealkylation sites (N-methyl/N-ethyl adjacent to an activating group) is 1. The molecule has 0 spiro atoms. The van der Waals surface area contributed by atoms with E-state index in [2.05, 4.69) is 33.1 Å². The first-order valence-corrected chi connectivity index (χ1v) is 7.37. The first-order valence-electron chi connectivity index (χ1n) is 7.37. The maximum atomic E-state index is 5.67. The van der Waals surface area contributed by atoms with Gasteiger partial charge in [0.25, 0.3) is 0 Å². The predicted molar refractivity (Wildman–Crippen MR) is 76.5 cm³/mol. The van der Waals surface area contributed by atoms with Crippen molar-refractivity contribution in [2.75, 3.05) is 14.2 Å². The highest BCUT2D eigenvalue weighted by Crippen LogP contribution is 2.23. The van der Waals surface area contributed by atoms with Crippen LogP contribution in [0.5, 0.6) is 0 Å². The molecule has 0 saturated carbocycles. The Labute approximate surface area is 109 Å². The van der Waals surface area contributed by atoms with Gasteiger partial charge in [-0.05, 0) is 26.8 Å². The Hall–Kier alpha value is -0.0800. The third kappa shape index (κ3) is 6.42. The van der Waals surface area contributed by atoms with Crippen molar-refractivity contribution in [3.05, 3.63) is 0 Å². The molecular weight excluding hydrogens is 210 g/mol. The highest BCUT2D eigenvalue weighted by molar-refractivity contribution is 4.87. The smallest absolute Gasteiger partial charge is 0.0800 e. The molecule has 0 fully saturated rings. The Balaban J connectivity index is 3.82. The van der Waals surface area contributed by atoms with Crippen LogP contribution < -0.4 is 5.32 Å². The highest BCUT2D eigenvalue weighted by Gasteiger charge is 2.30. The topological polar surface area (TPSA) is 21.3 Å². The molecule has 0 aromatic rings. The van der Waals surface area contributed by atoms with Crippen molar-refractivity contribution in [2.45, 2.75) is 83.8 Å². The molecule has 0 heterocycles. The third-order valence-electron chi connectivity index (χ3n) is 4.10. The van der Waals surface area contributed by atoms with E-state index in [9.17, 15) is 0 Å². The Morgan fingerprint density at radius 1 is 1.06 bits per heavy atom. The zero-order chi connectivity index (χ0) is 13.1. The van der Waals surface area contributed by atoms with Crippen LogP contribution in [0.3, 0.4) is 0 Å². The second kappa shape index (κ2) is 9.90. The maximum absolute atomic E-state index is 5.67. The van der Waals surface area contributed by atoms with E-state index >= 15 is 0 Å². The van der Waals surface area contributed by atoms with Gasteiger partial charge in [0.2, 0.25) is 0 Å². The standard InChI is InChI=1S/C15H33NO/c1-6-8-9-10-11-12-13-14(16-4)15(3,7-2)17-5/h14,16H,6-13H2,1-5H3. The van der Waals surface area contributed by atoms with Gasteiger partial charge in [0.05, 0.1) is 5.60 Å². The van der Waals surface area contributed by atoms with Crippen molar-refractivity contribution >= 4 is 0 Å². The van der Waals surface area contributed by atoms with E-state index in [1.54, 1.807) is 0 Å². The van der Waals surface area contributed by atoms with Crippen molar-refractivity contribution in [2.24, 2.45) is 0 Å². The summed E-state index contributed by atoms with van der Waals surface area (Å²) < 4.78 is 5.67. The summed E-state index contributed by atoms with van der Waals surface area (Å²) in [6, 6.07) is 0.476. The molecule has 0 bridgehead atoms. The zero-order valence-corrected chi connectivity index (χ0v) is 12.6. The molecule has 2 atom stereocenters. The predicted octanol–water partition coefficient (Wildman–Crippen LogP) is 4.14. The molecule has 0 aromatic carbocycles. The van der Waals surface area contributed by atoms with Gasteiger partial charge in [0, 0.05) is 13.2 Å². The maximum Gasteiger partial charge on any atom is 0.0800 e. The summed E-state index contributed by atoms with van der Waals surface area (Å²) in [5.41, 5.74) is -0.0157. The van der Waals surface area contributed by atoms with Gasteiger partial charge in [-0.3, -0.25) is 0 Å². The summed E-state index contributed by atoms with van der Waals surface area (Å²) in [7, 11) is 3.88. The number of nitrogens with one attached hydrogen (secondary N) is 1. The lowest BCUT2D eigenvalue weighted by atomic mass is 9.89. The van der Waals surface area contributed by atoms with Gasteiger partial charge in [-0.1, -0.05) is 52.4 Å². The van der Waals surface area contributed by atoms with E-state index in [0.717, 1.165) is 6.42 Å². The van der Waals surface area contributed by atoms with E-state index in [-0.39, 0.29) is 5.60 Å². The van der Waals surface area contributed by atoms with E-state index in [4.69, 9.17) is 4.74 Å². The molecule has 0 amide bonds. The number of rotatable bonds is 11. The molecule has 2 unspecified atom stereocenters. The second-order valence-corrected chi connectivity index (χ2v) is 5.27. The number of methoxy groups -OCH3 is 1. The van der Waals surface area contributed by atoms with Gasteiger partial charge < -0.3 is 10.1 Å². The number of ether oxygens (including phenoxy) is 1. The minimum Gasteiger partial charge on any atom is -0.377 e. The fraction of sp³-hybridized carbons (Fsp3) is 1.00. The van der Waals surface area contributed by atoms with Crippen molar-refractivity contribution in [3.8, 4) is 0 Å². The van der Waals surface area contributed by atoms with Crippen LogP contribution in [0.25, 0.3) is 0 Å². The molecule has 2 nitrogen and oxygen atoms in total. The first kappa shape index (κ1) is 16.9. The second-order valence-electron chi connectivity index (χ2n) is 5.27. The summed E-state index contributed by atoms with van der Waals surface area (Å²) in [6.45, 7) is 6.68. The first-order chi connectivity index (χ1) is 8.14. The summed E-state index contributed by atoms with van der Waals surface area (Å²) in [6.07, 6.45) is 10.5. The number of unbranched alkanes of at least 4 members (excludes halogenated alkanes) is 5. The van der Waals surface area contributed by atoms with Gasteiger partial charge in [-0.25, -0.2) is 0 Å². The number of hydrogen-bond acceptors (Lipinski definition) is 2. The fourth-order valence-corrected chi connectivity index (χ4v) is 2.42. The Bertz CT molecular complexity index is 166. The lowest BCUT2D eigenvalue weighted by Crippen LogP contribution is -2.48. The summed E-state index contributed by atoms with van der Waals surface area (Å²) in [4.78, 5) is 0. The average Bonchev–Trinajstić information content (AvgIpc) is 2.37. The Morgan fingerprint density at radius 3 is 2.12 bits per heavy atom. The minimum absolute atomic E-state index is 0.0157. The van der Waals surface area contributed by atoms with Crippen molar-refractivity contribution in [3.63, 3.8) is 0 Å². The largest absolute Gasteiger partial charge is 0.377 e. The molecule has 2 heteroatoms. The van der Waals surface area contributed by atoms with E-state index in [1.807, 2.05) is 7.11 Å². The lowest BCUT2D eigenvalue weighted by molar-refractivity contribution is -0.0297. The summed E-state index contributed by atoms with van der Waals surface area (Å²) in [5.74, 6) is 0. The fourth-order valence-electron chi connectivity index (χ4n) is 2.42. The van der Waals surface area contributed by atoms with Gasteiger partial charge in [0.1, 0.15) is 0 Å². The van der Waals surface area contributed by atoms with Crippen LogP contribution in [-0.4, -0.2) is 25.8 Å². The molecule has 0 aromatic heterocycles. The molecule has 0 aliphatic heterocycles. The molecule has 17 heavy (non-hydrogen) atoms. The van der Waals surface area contributed by atoms with Crippen LogP contribution in [-0.2, 0) is 4.74 Å². The summed E-state index contributed by atoms with van der Waals surface area (Å²) in [5, 5.41) is 3.42. The molecule has 1 N–H and O–H groups in total. The monoisotopic (exact) mass is 243 g/mol. The van der Waals surface area contributed by atoms with Gasteiger partial charge in [-0.15, -0.1) is 0 Å². The SMILES string of the molecule is CCCCCCCCC(NC)C(C)(CC)OC. The van der Waals surface area contributed by atoms with Gasteiger partial charge >= 0.3 is 0 Å². The molecular formula is C15H33NO. The third-order valence-corrected chi connectivity index (χ3v) is 4.10. The van der Waals surface area contributed by atoms with Gasteiger partial charge in [-0.2, -0.15) is 0 Å². The molecule has 0 radical (unpaired) electrons. The normalized spacial score (nSPS) is 16.8. The van der Waals surface area contributed by atoms with Crippen LogP contribution >= 0.6 is 0 Å². The average molecular weight is 243 g/mol. The Kier molecular flexibility index (Phi) is 9.85. The Morgan fingerprint density at radius 2 is 1.65 bits per heavy atom. The van der Waals surface area contributed by atoms with E-state index in [0.29, 0.717) is 6.04 Å².